The molecule has 0 amide bonds. The number of ether oxygens (including phenoxy) is 1. The van der Waals surface area contributed by atoms with Crippen molar-refractivity contribution >= 4 is 0 Å². The molecule has 0 radical (unpaired) electrons. The summed E-state index contributed by atoms with van der Waals surface area (Å²) >= 11 is 0. The van der Waals surface area contributed by atoms with Crippen molar-refractivity contribution in [3.63, 3.8) is 0 Å². The third kappa shape index (κ3) is 1.90. The second-order valence-corrected chi connectivity index (χ2v) is 2.85. The van der Waals surface area contributed by atoms with Crippen LogP contribution in [0.4, 0.5) is 0 Å². The third-order valence-electron chi connectivity index (χ3n) is 1.98. The van der Waals surface area contributed by atoms with E-state index in [2.05, 4.69) is 0 Å². The Hall–Kier alpha value is -0.720. The van der Waals surface area contributed by atoms with Gasteiger partial charge in [-0.3, -0.25) is 10.1 Å². The first-order valence-electron chi connectivity index (χ1n) is 3.78. The average molecular weight is 176 g/mol. The summed E-state index contributed by atoms with van der Waals surface area (Å²) in [5.41, 5.74) is 5.28. The topological polar surface area (TPSA) is 98.6 Å². The van der Waals surface area contributed by atoms with Gasteiger partial charge in [-0.25, -0.2) is 0 Å². The van der Waals surface area contributed by atoms with Crippen molar-refractivity contribution in [2.75, 3.05) is 13.2 Å². The minimum Gasteiger partial charge on any atom is -0.384 e. The molecule has 1 aliphatic rings. The van der Waals surface area contributed by atoms with Gasteiger partial charge in [-0.1, -0.05) is 0 Å². The van der Waals surface area contributed by atoms with Crippen LogP contribution in [-0.4, -0.2) is 41.4 Å². The Balaban J connectivity index is 2.53. The molecule has 0 aromatic rings. The summed E-state index contributed by atoms with van der Waals surface area (Å²) in [5.74, 6) is 0. The first-order valence-corrected chi connectivity index (χ1v) is 3.78. The van der Waals surface area contributed by atoms with Crippen molar-refractivity contribution in [3.05, 3.63) is 10.1 Å². The molecule has 3 N–H and O–H groups in total. The van der Waals surface area contributed by atoms with Gasteiger partial charge < -0.3 is 15.6 Å². The van der Waals surface area contributed by atoms with Crippen molar-refractivity contribution in [1.29, 1.82) is 0 Å². The Bertz CT molecular complexity index is 175. The highest BCUT2D eigenvalue weighted by atomic mass is 16.6. The van der Waals surface area contributed by atoms with E-state index in [0.717, 1.165) is 0 Å². The summed E-state index contributed by atoms with van der Waals surface area (Å²) in [6, 6.07) is -0.924. The molecular formula is C6H12N2O4. The molecule has 6 heteroatoms. The van der Waals surface area contributed by atoms with E-state index in [4.69, 9.17) is 15.6 Å². The maximum absolute atomic E-state index is 10.4. The quantitative estimate of drug-likeness (QED) is 0.404. The van der Waals surface area contributed by atoms with Crippen LogP contribution in [0.5, 0.6) is 0 Å². The molecule has 6 nitrogen and oxygen atoms in total. The van der Waals surface area contributed by atoms with Crippen molar-refractivity contribution in [2.45, 2.75) is 24.7 Å². The minimum atomic E-state index is -0.997. The van der Waals surface area contributed by atoms with E-state index in [0.29, 0.717) is 0 Å². The van der Waals surface area contributed by atoms with Gasteiger partial charge in [-0.2, -0.15) is 0 Å². The van der Waals surface area contributed by atoms with Crippen LogP contribution in [0, 0.1) is 10.1 Å². The molecule has 0 spiro atoms. The minimum absolute atomic E-state index is 0.00745. The second-order valence-electron chi connectivity index (χ2n) is 2.85. The predicted octanol–water partition coefficient (Wildman–Crippen LogP) is -1.26. The fourth-order valence-corrected chi connectivity index (χ4v) is 1.23. The van der Waals surface area contributed by atoms with Crippen molar-refractivity contribution < 1.29 is 14.8 Å². The Morgan fingerprint density at radius 1 is 1.75 bits per heavy atom. The molecule has 1 rings (SSSR count). The summed E-state index contributed by atoms with van der Waals surface area (Å²) in [6.45, 7) is 0.268. The molecule has 0 aromatic carbocycles. The predicted molar refractivity (Wildman–Crippen MR) is 40.2 cm³/mol. The Kier molecular flexibility index (Phi) is 2.96. The van der Waals surface area contributed by atoms with E-state index in [-0.39, 0.29) is 25.7 Å². The van der Waals surface area contributed by atoms with Crippen molar-refractivity contribution in [2.24, 2.45) is 5.73 Å². The van der Waals surface area contributed by atoms with Gasteiger partial charge in [0.05, 0.1) is 12.7 Å². The van der Waals surface area contributed by atoms with Crippen LogP contribution in [0.25, 0.3) is 0 Å². The Morgan fingerprint density at radius 3 is 2.92 bits per heavy atom. The molecule has 1 heterocycles. The van der Waals surface area contributed by atoms with E-state index in [1.165, 1.54) is 0 Å². The lowest BCUT2D eigenvalue weighted by molar-refractivity contribution is -0.542. The van der Waals surface area contributed by atoms with Crippen molar-refractivity contribution in [1.82, 2.24) is 0 Å². The number of nitrogens with two attached hydrogens (primary N) is 1. The second kappa shape index (κ2) is 3.79. The number of aliphatic hydroxyl groups excluding tert-OH is 1. The number of hydrogen-bond donors (Lipinski definition) is 2. The van der Waals surface area contributed by atoms with Gasteiger partial charge >= 0.3 is 0 Å². The molecule has 0 aliphatic carbocycles. The zero-order valence-electron chi connectivity index (χ0n) is 6.55. The lowest BCUT2D eigenvalue weighted by Crippen LogP contribution is -2.47. The Labute approximate surface area is 69.5 Å². The standard InChI is InChI=1S/C6H12N2O4/c7-2-4-1-5(8(10)11)6(9)3-12-4/h4-6,9H,1-3,7H2/t4-,5-,6-/m0/s1. The highest BCUT2D eigenvalue weighted by Crippen LogP contribution is 2.15. The van der Waals surface area contributed by atoms with Crippen LogP contribution in [0.3, 0.4) is 0 Å². The van der Waals surface area contributed by atoms with E-state index in [1.54, 1.807) is 0 Å². The molecule has 1 saturated heterocycles. The maximum Gasteiger partial charge on any atom is 0.243 e. The van der Waals surface area contributed by atoms with Crippen LogP contribution >= 0.6 is 0 Å². The molecule has 3 atom stereocenters. The van der Waals surface area contributed by atoms with Crippen LogP contribution in [0.1, 0.15) is 6.42 Å². The highest BCUT2D eigenvalue weighted by Gasteiger charge is 2.37. The van der Waals surface area contributed by atoms with Crippen LogP contribution in [-0.2, 0) is 4.74 Å². The van der Waals surface area contributed by atoms with Crippen LogP contribution in [0.2, 0.25) is 0 Å². The largest absolute Gasteiger partial charge is 0.384 e. The van der Waals surface area contributed by atoms with Crippen LogP contribution in [0.15, 0.2) is 0 Å². The lowest BCUT2D eigenvalue weighted by atomic mass is 10.0. The number of rotatable bonds is 2. The van der Waals surface area contributed by atoms with Crippen LogP contribution < -0.4 is 5.73 Å². The van der Waals surface area contributed by atoms with Gasteiger partial charge in [-0.05, 0) is 0 Å². The molecule has 0 saturated carbocycles. The number of nitro groups is 1. The number of hydrogen-bond acceptors (Lipinski definition) is 5. The molecule has 0 unspecified atom stereocenters. The van der Waals surface area contributed by atoms with E-state index in [1.807, 2.05) is 0 Å². The first kappa shape index (κ1) is 9.37. The highest BCUT2D eigenvalue weighted by molar-refractivity contribution is 4.78. The normalized spacial score (nSPS) is 36.3. The first-order chi connectivity index (χ1) is 5.65. The molecular weight excluding hydrogens is 164 g/mol. The maximum atomic E-state index is 10.4. The monoisotopic (exact) mass is 176 g/mol. The van der Waals surface area contributed by atoms with Crippen molar-refractivity contribution in [3.8, 4) is 0 Å². The van der Waals surface area contributed by atoms with E-state index < -0.39 is 17.1 Å². The number of aliphatic hydroxyl groups is 1. The molecule has 1 aliphatic heterocycles. The molecule has 0 aromatic heterocycles. The average Bonchev–Trinajstić information content (AvgIpc) is 2.05. The summed E-state index contributed by atoms with van der Waals surface area (Å²) in [6.07, 6.45) is -1.09. The Morgan fingerprint density at radius 2 is 2.42 bits per heavy atom. The van der Waals surface area contributed by atoms with Gasteiger partial charge in [-0.15, -0.1) is 0 Å². The zero-order chi connectivity index (χ0) is 9.14. The lowest BCUT2D eigenvalue weighted by Gasteiger charge is -2.27. The summed E-state index contributed by atoms with van der Waals surface area (Å²) in [4.78, 5) is 9.90. The molecule has 1 fully saturated rings. The molecule has 12 heavy (non-hydrogen) atoms. The fourth-order valence-electron chi connectivity index (χ4n) is 1.23. The number of nitrogens with zero attached hydrogens (tertiary/aromatic N) is 1. The van der Waals surface area contributed by atoms with Gasteiger partial charge in [0.25, 0.3) is 0 Å². The van der Waals surface area contributed by atoms with Gasteiger partial charge in [0.2, 0.25) is 6.04 Å². The molecule has 0 bridgehead atoms. The van der Waals surface area contributed by atoms with Gasteiger partial charge in [0, 0.05) is 17.9 Å². The van der Waals surface area contributed by atoms with E-state index >= 15 is 0 Å². The summed E-state index contributed by atoms with van der Waals surface area (Å²) in [5, 5.41) is 19.5. The third-order valence-corrected chi connectivity index (χ3v) is 1.98. The van der Waals surface area contributed by atoms with Gasteiger partial charge in [0.1, 0.15) is 6.10 Å². The smallest absolute Gasteiger partial charge is 0.243 e. The summed E-state index contributed by atoms with van der Waals surface area (Å²) < 4.78 is 5.04. The molecule has 70 valence electrons. The summed E-state index contributed by atoms with van der Waals surface area (Å²) in [7, 11) is 0. The SMILES string of the molecule is NC[C@@H]1C[C@H]([N+](=O)[O-])[C@@H](O)CO1. The van der Waals surface area contributed by atoms with Gasteiger partial charge in [0.15, 0.2) is 0 Å². The fraction of sp³-hybridized carbons (Fsp3) is 1.00. The van der Waals surface area contributed by atoms with E-state index in [9.17, 15) is 10.1 Å². The zero-order valence-corrected chi connectivity index (χ0v) is 6.55.